The van der Waals surface area contributed by atoms with Crippen LogP contribution in [-0.2, 0) is 46.2 Å². The van der Waals surface area contributed by atoms with E-state index in [1.165, 1.54) is 74.2 Å². The Morgan fingerprint density at radius 1 is 0.565 bits per heavy atom. The van der Waals surface area contributed by atoms with E-state index < -0.39 is 31.3 Å². The van der Waals surface area contributed by atoms with Crippen LogP contribution in [0.15, 0.2) is 108 Å². The maximum absolute atomic E-state index is 10.7. The molecule has 0 bridgehead atoms. The summed E-state index contributed by atoms with van der Waals surface area (Å²) >= 11 is 7.32. The Hall–Kier alpha value is -4.80. The van der Waals surface area contributed by atoms with Crippen molar-refractivity contribution in [2.24, 2.45) is 0 Å². The van der Waals surface area contributed by atoms with Crippen molar-refractivity contribution in [3.05, 3.63) is 140 Å². The van der Waals surface area contributed by atoms with E-state index in [-0.39, 0.29) is 0 Å². The molecule has 6 aromatic heterocycles. The molecule has 0 amide bonds. The lowest BCUT2D eigenvalue weighted by Gasteiger charge is -2.23. The van der Waals surface area contributed by atoms with Gasteiger partial charge >= 0.3 is 11.0 Å². The van der Waals surface area contributed by atoms with Crippen molar-refractivity contribution in [1.29, 1.82) is 0 Å². The van der Waals surface area contributed by atoms with Gasteiger partial charge in [0.1, 0.15) is 0 Å². The van der Waals surface area contributed by atoms with Gasteiger partial charge in [-0.15, -0.1) is 45.3 Å². The summed E-state index contributed by atoms with van der Waals surface area (Å²) in [4.78, 5) is 7.87. The molecule has 8 nitrogen and oxygen atoms in total. The third-order valence-corrected chi connectivity index (χ3v) is 14.9. The van der Waals surface area contributed by atoms with Crippen LogP contribution in [0.2, 0.25) is 0 Å². The summed E-state index contributed by atoms with van der Waals surface area (Å²) in [5, 5.41) is 4.30. The lowest BCUT2D eigenvalue weighted by atomic mass is 9.84. The van der Waals surface area contributed by atoms with Crippen molar-refractivity contribution < 1.29 is 61.4 Å². The van der Waals surface area contributed by atoms with Gasteiger partial charge in [-0.3, -0.25) is 0 Å². The Balaban J connectivity index is 0.000000309. The molecule has 0 spiro atoms. The second kappa shape index (κ2) is 18.1. The Morgan fingerprint density at radius 2 is 1.08 bits per heavy atom. The second-order valence-electron chi connectivity index (χ2n) is 13.5. The Morgan fingerprint density at radius 3 is 1.60 bits per heavy atom. The largest absolute Gasteiger partial charge is 0.741 e. The zero-order chi connectivity index (χ0) is 44.5. The molecule has 0 unspecified atom stereocenters. The first-order valence-electron chi connectivity index (χ1n) is 18.2. The van der Waals surface area contributed by atoms with Crippen LogP contribution in [-0.4, -0.2) is 37.0 Å². The molecule has 0 saturated carbocycles. The Bertz CT molecular complexity index is 2960. The van der Waals surface area contributed by atoms with Crippen molar-refractivity contribution in [3.8, 4) is 42.0 Å². The van der Waals surface area contributed by atoms with Crippen molar-refractivity contribution >= 4 is 89.9 Å². The fourth-order valence-electron chi connectivity index (χ4n) is 6.75. The van der Waals surface area contributed by atoms with Gasteiger partial charge in [-0.1, -0.05) is 30.3 Å². The van der Waals surface area contributed by atoms with E-state index in [2.05, 4.69) is 141 Å². The van der Waals surface area contributed by atoms with Crippen LogP contribution >= 0.6 is 45.3 Å². The molecule has 0 saturated heterocycles. The van der Waals surface area contributed by atoms with E-state index in [1.54, 1.807) is 22.7 Å². The maximum Gasteiger partial charge on any atom is 0.485 e. The molecule has 2 aliphatic heterocycles. The maximum atomic E-state index is 10.7. The van der Waals surface area contributed by atoms with Crippen molar-refractivity contribution in [2.45, 2.75) is 36.9 Å². The van der Waals surface area contributed by atoms with Crippen molar-refractivity contribution in [1.82, 2.24) is 0 Å². The molecule has 0 radical (unpaired) electrons. The second-order valence-corrected chi connectivity index (χ2v) is 20.4. The molecular weight excluding hydrogens is 935 g/mol. The number of rotatable bonds is 6. The van der Waals surface area contributed by atoms with Gasteiger partial charge in [0, 0.05) is 72.4 Å². The molecule has 2 aliphatic rings. The van der Waals surface area contributed by atoms with Gasteiger partial charge in [0.25, 0.3) is 0 Å². The van der Waals surface area contributed by atoms with E-state index in [1.807, 2.05) is 22.7 Å². The predicted molar refractivity (Wildman–Crippen MR) is 230 cm³/mol. The minimum Gasteiger partial charge on any atom is -0.741 e. The van der Waals surface area contributed by atoms with E-state index in [0.29, 0.717) is 0 Å². The van der Waals surface area contributed by atoms with Gasteiger partial charge in [-0.25, -0.2) is 16.8 Å². The Kier molecular flexibility index (Phi) is 13.2. The topological polar surface area (TPSA) is 122 Å². The zero-order valence-electron chi connectivity index (χ0n) is 31.6. The Labute approximate surface area is 368 Å². The van der Waals surface area contributed by atoms with Gasteiger partial charge in [-0.05, 0) is 82.1 Å². The monoisotopic (exact) mass is 964 g/mol. The van der Waals surface area contributed by atoms with E-state index >= 15 is 0 Å². The fourth-order valence-corrected chi connectivity index (χ4v) is 10.2. The number of benzene rings is 1. The van der Waals surface area contributed by atoms with Crippen LogP contribution < -0.4 is 9.13 Å². The minimum absolute atomic E-state index is 0.972. The summed E-state index contributed by atoms with van der Waals surface area (Å²) < 4.78 is 123. The van der Waals surface area contributed by atoms with Gasteiger partial charge < -0.3 is 9.11 Å². The molecular formula is C42H30F6N2O6S6. The van der Waals surface area contributed by atoms with Crippen LogP contribution in [0.1, 0.15) is 32.1 Å². The van der Waals surface area contributed by atoms with Crippen LogP contribution in [0.5, 0.6) is 0 Å². The van der Waals surface area contributed by atoms with Crippen LogP contribution in [0.4, 0.5) is 26.3 Å². The fraction of sp³-hybridized carbons (Fsp3) is 0.143. The van der Waals surface area contributed by atoms with Gasteiger partial charge in [-0.2, -0.15) is 35.5 Å². The number of alkyl halides is 6. The molecule has 0 atom stereocenters. The van der Waals surface area contributed by atoms with Crippen molar-refractivity contribution in [2.75, 3.05) is 0 Å². The molecule has 20 heteroatoms. The molecule has 9 rings (SSSR count). The summed E-state index contributed by atoms with van der Waals surface area (Å²) in [6, 6.07) is 33.8. The first-order valence-corrected chi connectivity index (χ1v) is 24.4. The average molecular weight is 965 g/mol. The molecule has 0 N–H and O–H groups in total. The first-order chi connectivity index (χ1) is 29.3. The van der Waals surface area contributed by atoms with E-state index in [9.17, 15) is 26.3 Å². The zero-order valence-corrected chi connectivity index (χ0v) is 36.5. The number of hydrogen-bond acceptors (Lipinski definition) is 10. The average Bonchev–Trinajstić information content (AvgIpc) is 4.06. The standard InChI is InChI=1S/C40H30N2S4.2CHF3O3S/c1-2-20-41-21-18-28-9-10-29-19-22-42-30(11-13-32-15-17-38(46-32)36-7-4-24-44-36)25-27(26-34(42)40(29)39(28)33(41)5-1)8-12-31-14-16-37(45-31)35-6-3-23-43-35;2*2-1(3,4)8(5,6)7/h1-17,20,23-26H,18-19,21-22H2;2*(H,5,6,7)/q+2;;/p-2/b12-8+,13-11+;;. The molecule has 7 aromatic rings. The number of nitrogens with zero attached hydrogens (tertiary/aromatic N) is 2. The third kappa shape index (κ3) is 10.3. The summed E-state index contributed by atoms with van der Waals surface area (Å²) in [5.74, 6) is 0. The molecule has 0 aliphatic carbocycles. The summed E-state index contributed by atoms with van der Waals surface area (Å²) in [6.07, 6.45) is 13.5. The number of hydrogen-bond donors (Lipinski definition) is 0. The van der Waals surface area contributed by atoms with Crippen LogP contribution in [0, 0.1) is 0 Å². The highest BCUT2D eigenvalue weighted by molar-refractivity contribution is 7.86. The lowest BCUT2D eigenvalue weighted by Crippen LogP contribution is -2.44. The first kappa shape index (κ1) is 45.2. The number of fused-ring (bicyclic) bond motifs is 7. The predicted octanol–water partition coefficient (Wildman–Crippen LogP) is 10.7. The number of pyridine rings is 2. The van der Waals surface area contributed by atoms with E-state index in [4.69, 9.17) is 25.9 Å². The lowest BCUT2D eigenvalue weighted by molar-refractivity contribution is -0.690. The minimum atomic E-state index is -6.09. The van der Waals surface area contributed by atoms with Crippen LogP contribution in [0.25, 0.3) is 66.3 Å². The number of thiophene rings is 4. The molecule has 8 heterocycles. The summed E-state index contributed by atoms with van der Waals surface area (Å²) in [6.45, 7) is 2.00. The molecule has 62 heavy (non-hydrogen) atoms. The van der Waals surface area contributed by atoms with Gasteiger partial charge in [0.15, 0.2) is 39.5 Å². The highest BCUT2D eigenvalue weighted by atomic mass is 32.2. The number of aromatic nitrogens is 2. The molecule has 1 aromatic carbocycles. The van der Waals surface area contributed by atoms with Gasteiger partial charge in [0.05, 0.1) is 11.1 Å². The number of aryl methyl sites for hydroxylation is 3. The third-order valence-electron chi connectivity index (χ3n) is 9.49. The van der Waals surface area contributed by atoms with Gasteiger partial charge in [0.2, 0.25) is 17.1 Å². The summed E-state index contributed by atoms with van der Waals surface area (Å²) in [5.41, 5.74) is -0.467. The highest BCUT2D eigenvalue weighted by Gasteiger charge is 2.38. The quantitative estimate of drug-likeness (QED) is 0.0708. The summed E-state index contributed by atoms with van der Waals surface area (Å²) in [7, 11) is -12.2. The van der Waals surface area contributed by atoms with Crippen molar-refractivity contribution in [3.63, 3.8) is 0 Å². The SMILES string of the molecule is C(=C\c1ccc(-c2cccs2)s1)/c1cc(/C=C/c2ccc(-c3cccs3)s2)[n+]2c(c1)-c1c(ccc3c1-c1cccc[n+]1CC3)CC2.O=S(=O)([O-])C(F)(F)F.O=S(=O)([O-])C(F)(F)F. The number of halogens is 6. The molecule has 322 valence electrons. The van der Waals surface area contributed by atoms with Crippen LogP contribution in [0.3, 0.4) is 0 Å². The molecule has 0 fully saturated rings. The normalized spacial score (nSPS) is 13.7. The smallest absolute Gasteiger partial charge is 0.485 e. The highest BCUT2D eigenvalue weighted by Crippen LogP contribution is 2.40. The van der Waals surface area contributed by atoms with E-state index in [0.717, 1.165) is 25.9 Å².